The first-order valence-corrected chi connectivity index (χ1v) is 13.1. The number of carbonyl (C=O) groups is 4. The molecular formula is C31H26N2O6S. The van der Waals surface area contributed by atoms with E-state index < -0.39 is 28.7 Å². The molecule has 0 aromatic heterocycles. The number of hydrogen-bond donors (Lipinski definition) is 4. The molecule has 4 aromatic rings. The molecule has 1 atom stereocenters. The van der Waals surface area contributed by atoms with Gasteiger partial charge in [-0.25, -0.2) is 9.59 Å². The van der Waals surface area contributed by atoms with Crippen LogP contribution in [0.1, 0.15) is 53.0 Å². The fraction of sp³-hybridized carbons (Fsp3) is 0.0968. The zero-order chi connectivity index (χ0) is 28.8. The molecule has 4 N–H and O–H groups in total. The number of hydrogen-bond acceptors (Lipinski definition) is 5. The maximum absolute atomic E-state index is 13.5. The highest BCUT2D eigenvalue weighted by atomic mass is 32.2. The molecule has 0 fully saturated rings. The summed E-state index contributed by atoms with van der Waals surface area (Å²) < 4.78 is 0. The third kappa shape index (κ3) is 6.95. The van der Waals surface area contributed by atoms with E-state index in [0.717, 1.165) is 22.8 Å². The van der Waals surface area contributed by atoms with Gasteiger partial charge < -0.3 is 20.8 Å². The summed E-state index contributed by atoms with van der Waals surface area (Å²) in [5.41, 5.74) is 3.12. The molecule has 0 spiro atoms. The molecule has 2 amide bonds. The van der Waals surface area contributed by atoms with Crippen molar-refractivity contribution in [3.05, 3.63) is 124 Å². The van der Waals surface area contributed by atoms with E-state index in [2.05, 4.69) is 10.6 Å². The van der Waals surface area contributed by atoms with Crippen LogP contribution in [0.5, 0.6) is 0 Å². The topological polar surface area (TPSA) is 133 Å². The summed E-state index contributed by atoms with van der Waals surface area (Å²) in [7, 11) is 0. The minimum Gasteiger partial charge on any atom is -0.478 e. The highest BCUT2D eigenvalue weighted by Crippen LogP contribution is 2.37. The standard InChI is InChI=1S/C31H26N2O6S/c1-18-13-19(2)15-23(14-18)33-29(35)27(20-7-4-3-5-8-20)40-24-10-6-9-22(17-24)32-28(34)25-12-11-21(30(36)37)16-26(25)31(38)39/h3-17,27H,1-2H3,(H,32,34)(H,33,35)(H,36,37)(H,38,39). The fourth-order valence-electron chi connectivity index (χ4n) is 4.19. The van der Waals surface area contributed by atoms with Crippen LogP contribution in [0.3, 0.4) is 0 Å². The predicted octanol–water partition coefficient (Wildman–Crippen LogP) is 6.42. The Morgan fingerprint density at radius 2 is 1.38 bits per heavy atom. The van der Waals surface area contributed by atoms with E-state index >= 15 is 0 Å². The Morgan fingerprint density at radius 3 is 2.02 bits per heavy atom. The molecule has 0 heterocycles. The van der Waals surface area contributed by atoms with Crippen molar-refractivity contribution in [2.24, 2.45) is 0 Å². The van der Waals surface area contributed by atoms with E-state index in [9.17, 15) is 24.3 Å². The van der Waals surface area contributed by atoms with Crippen LogP contribution in [0.4, 0.5) is 11.4 Å². The number of anilines is 2. The molecule has 40 heavy (non-hydrogen) atoms. The molecule has 1 unspecified atom stereocenters. The normalized spacial score (nSPS) is 11.3. The Balaban J connectivity index is 1.58. The molecular weight excluding hydrogens is 528 g/mol. The van der Waals surface area contributed by atoms with Crippen molar-refractivity contribution in [3.63, 3.8) is 0 Å². The van der Waals surface area contributed by atoms with E-state index in [1.165, 1.54) is 23.9 Å². The van der Waals surface area contributed by atoms with E-state index in [0.29, 0.717) is 16.3 Å². The number of carbonyl (C=O) groups excluding carboxylic acids is 2. The molecule has 0 aliphatic heterocycles. The lowest BCUT2D eigenvalue weighted by atomic mass is 10.0. The van der Waals surface area contributed by atoms with Crippen molar-refractivity contribution in [1.29, 1.82) is 0 Å². The zero-order valence-corrected chi connectivity index (χ0v) is 22.5. The van der Waals surface area contributed by atoms with Gasteiger partial charge in [0.25, 0.3) is 5.91 Å². The van der Waals surface area contributed by atoms with Gasteiger partial charge in [-0.3, -0.25) is 9.59 Å². The van der Waals surface area contributed by atoms with Crippen molar-refractivity contribution < 1.29 is 29.4 Å². The smallest absolute Gasteiger partial charge is 0.336 e. The van der Waals surface area contributed by atoms with Crippen LogP contribution in [0.25, 0.3) is 0 Å². The second-order valence-corrected chi connectivity index (χ2v) is 10.3. The van der Waals surface area contributed by atoms with Crippen molar-refractivity contribution in [1.82, 2.24) is 0 Å². The molecule has 0 aliphatic rings. The maximum atomic E-state index is 13.5. The number of thioether (sulfide) groups is 1. The zero-order valence-electron chi connectivity index (χ0n) is 21.7. The van der Waals surface area contributed by atoms with Gasteiger partial charge in [0.1, 0.15) is 5.25 Å². The molecule has 0 saturated heterocycles. The average molecular weight is 555 g/mol. The van der Waals surface area contributed by atoms with Crippen molar-refractivity contribution >= 4 is 46.9 Å². The van der Waals surface area contributed by atoms with E-state index in [1.807, 2.05) is 68.4 Å². The van der Waals surface area contributed by atoms with Crippen LogP contribution in [-0.4, -0.2) is 34.0 Å². The number of aryl methyl sites for hydroxylation is 2. The Morgan fingerprint density at radius 1 is 0.675 bits per heavy atom. The second-order valence-electron chi connectivity index (χ2n) is 9.13. The largest absolute Gasteiger partial charge is 0.478 e. The number of amides is 2. The van der Waals surface area contributed by atoms with Crippen molar-refractivity contribution in [3.8, 4) is 0 Å². The fourth-order valence-corrected chi connectivity index (χ4v) is 5.27. The first-order chi connectivity index (χ1) is 19.1. The van der Waals surface area contributed by atoms with Crippen molar-refractivity contribution in [2.45, 2.75) is 24.0 Å². The highest BCUT2D eigenvalue weighted by molar-refractivity contribution is 8.00. The number of carboxylic acids is 2. The summed E-state index contributed by atoms with van der Waals surface area (Å²) in [6.07, 6.45) is 0. The lowest BCUT2D eigenvalue weighted by Gasteiger charge is -2.18. The van der Waals surface area contributed by atoms with Gasteiger partial charge in [-0.15, -0.1) is 11.8 Å². The summed E-state index contributed by atoms with van der Waals surface area (Å²) in [4.78, 5) is 50.0. The van der Waals surface area contributed by atoms with E-state index in [1.54, 1.807) is 18.2 Å². The Hall–Kier alpha value is -4.89. The van der Waals surface area contributed by atoms with Gasteiger partial charge in [-0.1, -0.05) is 42.5 Å². The van der Waals surface area contributed by atoms with Gasteiger partial charge in [0.2, 0.25) is 5.91 Å². The van der Waals surface area contributed by atoms with Crippen LogP contribution in [0.2, 0.25) is 0 Å². The Bertz CT molecular complexity index is 1580. The van der Waals surface area contributed by atoms with Crippen molar-refractivity contribution in [2.75, 3.05) is 10.6 Å². The van der Waals surface area contributed by atoms with Crippen LogP contribution in [-0.2, 0) is 4.79 Å². The number of benzene rings is 4. The number of nitrogens with one attached hydrogen (secondary N) is 2. The highest BCUT2D eigenvalue weighted by Gasteiger charge is 2.23. The molecule has 0 saturated carbocycles. The van der Waals surface area contributed by atoms with Crippen LogP contribution < -0.4 is 10.6 Å². The van der Waals surface area contributed by atoms with Gasteiger partial charge in [-0.05, 0) is 79.1 Å². The molecule has 0 aliphatic carbocycles. The van der Waals surface area contributed by atoms with E-state index in [4.69, 9.17) is 5.11 Å². The van der Waals surface area contributed by atoms with Gasteiger partial charge in [0, 0.05) is 16.3 Å². The van der Waals surface area contributed by atoms with Gasteiger partial charge >= 0.3 is 11.9 Å². The molecule has 8 nitrogen and oxygen atoms in total. The summed E-state index contributed by atoms with van der Waals surface area (Å²) in [5, 5.41) is 23.8. The first-order valence-electron chi connectivity index (χ1n) is 12.2. The van der Waals surface area contributed by atoms with E-state index in [-0.39, 0.29) is 17.0 Å². The molecule has 202 valence electrons. The lowest BCUT2D eigenvalue weighted by molar-refractivity contribution is -0.115. The third-order valence-electron chi connectivity index (χ3n) is 5.92. The number of rotatable bonds is 9. The quantitative estimate of drug-likeness (QED) is 0.175. The summed E-state index contributed by atoms with van der Waals surface area (Å²) in [5.74, 6) is -3.63. The SMILES string of the molecule is Cc1cc(C)cc(NC(=O)C(Sc2cccc(NC(=O)c3ccc(C(=O)O)cc3C(=O)O)c2)c2ccccc2)c1. The summed E-state index contributed by atoms with van der Waals surface area (Å²) >= 11 is 1.31. The Kier molecular flexibility index (Phi) is 8.66. The molecule has 0 radical (unpaired) electrons. The lowest BCUT2D eigenvalue weighted by Crippen LogP contribution is -2.19. The second kappa shape index (κ2) is 12.3. The monoisotopic (exact) mass is 554 g/mol. The molecule has 9 heteroatoms. The first kappa shape index (κ1) is 28.1. The number of aromatic carboxylic acids is 2. The summed E-state index contributed by atoms with van der Waals surface area (Å²) in [6, 6.07) is 25.3. The minimum atomic E-state index is -1.42. The number of carboxylic acid groups (broad SMARTS) is 2. The Labute approximate surface area is 235 Å². The van der Waals surface area contributed by atoms with Gasteiger partial charge in [0.15, 0.2) is 0 Å². The third-order valence-corrected chi connectivity index (χ3v) is 7.17. The van der Waals surface area contributed by atoms with Gasteiger partial charge in [-0.2, -0.15) is 0 Å². The summed E-state index contributed by atoms with van der Waals surface area (Å²) in [6.45, 7) is 3.93. The van der Waals surface area contributed by atoms with Crippen LogP contribution >= 0.6 is 11.8 Å². The molecule has 4 aromatic carbocycles. The molecule has 4 rings (SSSR count). The van der Waals surface area contributed by atoms with Crippen LogP contribution in [0.15, 0.2) is 95.9 Å². The maximum Gasteiger partial charge on any atom is 0.336 e. The molecule has 0 bridgehead atoms. The van der Waals surface area contributed by atoms with Gasteiger partial charge in [0.05, 0.1) is 16.7 Å². The average Bonchev–Trinajstić information content (AvgIpc) is 2.91. The van der Waals surface area contributed by atoms with Crippen LogP contribution in [0, 0.1) is 13.8 Å². The predicted molar refractivity (Wildman–Crippen MR) is 154 cm³/mol. The minimum absolute atomic E-state index is 0.175.